The molecule has 1 amide bonds. The SMILES string of the molecule is Cc1ccc(NC(=O)COc2ccccc2CNCCCn2ccnc2)cc1. The van der Waals surface area contributed by atoms with E-state index in [1.807, 2.05) is 68.0 Å². The monoisotopic (exact) mass is 378 g/mol. The smallest absolute Gasteiger partial charge is 0.262 e. The Hall–Kier alpha value is -3.12. The minimum atomic E-state index is -0.174. The first kappa shape index (κ1) is 19.6. The lowest BCUT2D eigenvalue weighted by Crippen LogP contribution is -2.21. The lowest BCUT2D eigenvalue weighted by molar-refractivity contribution is -0.118. The summed E-state index contributed by atoms with van der Waals surface area (Å²) in [6.45, 7) is 4.51. The van der Waals surface area contributed by atoms with Crippen molar-refractivity contribution in [3.63, 3.8) is 0 Å². The Morgan fingerprint density at radius 2 is 1.96 bits per heavy atom. The normalized spacial score (nSPS) is 10.6. The van der Waals surface area contributed by atoms with Crippen LogP contribution in [-0.2, 0) is 17.9 Å². The molecule has 6 heteroatoms. The average Bonchev–Trinajstić information content (AvgIpc) is 3.22. The van der Waals surface area contributed by atoms with E-state index < -0.39 is 0 Å². The quantitative estimate of drug-likeness (QED) is 0.531. The van der Waals surface area contributed by atoms with Crippen molar-refractivity contribution in [1.29, 1.82) is 0 Å². The minimum Gasteiger partial charge on any atom is -0.483 e. The van der Waals surface area contributed by atoms with Gasteiger partial charge in [0.2, 0.25) is 0 Å². The summed E-state index contributed by atoms with van der Waals surface area (Å²) < 4.78 is 7.81. The zero-order valence-electron chi connectivity index (χ0n) is 16.1. The van der Waals surface area contributed by atoms with Gasteiger partial charge in [0.25, 0.3) is 5.91 Å². The summed E-state index contributed by atoms with van der Waals surface area (Å²) >= 11 is 0. The molecule has 0 saturated carbocycles. The molecule has 1 aromatic heterocycles. The van der Waals surface area contributed by atoms with Gasteiger partial charge in [0.15, 0.2) is 6.61 Å². The molecule has 1 heterocycles. The van der Waals surface area contributed by atoms with Crippen LogP contribution in [0.2, 0.25) is 0 Å². The Labute approximate surface area is 165 Å². The number of anilines is 1. The molecule has 146 valence electrons. The van der Waals surface area contributed by atoms with E-state index in [1.54, 1.807) is 6.20 Å². The van der Waals surface area contributed by atoms with E-state index in [1.165, 1.54) is 0 Å². The molecule has 0 radical (unpaired) electrons. The van der Waals surface area contributed by atoms with Gasteiger partial charge in [-0.1, -0.05) is 35.9 Å². The van der Waals surface area contributed by atoms with Crippen molar-refractivity contribution in [2.24, 2.45) is 0 Å². The first-order chi connectivity index (χ1) is 13.7. The fraction of sp³-hybridized carbons (Fsp3) is 0.273. The molecule has 0 aliphatic heterocycles. The van der Waals surface area contributed by atoms with Crippen LogP contribution < -0.4 is 15.4 Å². The number of imidazole rings is 1. The summed E-state index contributed by atoms with van der Waals surface area (Å²) in [5, 5.41) is 6.27. The second-order valence-electron chi connectivity index (χ2n) is 6.64. The molecule has 2 aromatic carbocycles. The van der Waals surface area contributed by atoms with Gasteiger partial charge in [0.05, 0.1) is 6.33 Å². The number of benzene rings is 2. The van der Waals surface area contributed by atoms with Crippen molar-refractivity contribution in [2.45, 2.75) is 26.4 Å². The Morgan fingerprint density at radius 1 is 1.14 bits per heavy atom. The predicted molar refractivity (Wildman–Crippen MR) is 110 cm³/mol. The Bertz CT molecular complexity index is 861. The van der Waals surface area contributed by atoms with E-state index in [9.17, 15) is 4.79 Å². The van der Waals surface area contributed by atoms with Crippen LogP contribution in [0.25, 0.3) is 0 Å². The van der Waals surface area contributed by atoms with Crippen LogP contribution in [0.5, 0.6) is 5.75 Å². The van der Waals surface area contributed by atoms with Crippen LogP contribution in [0.4, 0.5) is 5.69 Å². The molecule has 0 bridgehead atoms. The van der Waals surface area contributed by atoms with E-state index in [4.69, 9.17) is 4.74 Å². The van der Waals surface area contributed by atoms with Crippen molar-refractivity contribution in [3.05, 3.63) is 78.4 Å². The van der Waals surface area contributed by atoms with Gasteiger partial charge in [-0.3, -0.25) is 4.79 Å². The molecule has 0 aliphatic rings. The molecule has 2 N–H and O–H groups in total. The average molecular weight is 378 g/mol. The van der Waals surface area contributed by atoms with Crippen LogP contribution in [0.15, 0.2) is 67.3 Å². The summed E-state index contributed by atoms with van der Waals surface area (Å²) in [6.07, 6.45) is 6.59. The van der Waals surface area contributed by atoms with Gasteiger partial charge in [-0.25, -0.2) is 4.98 Å². The van der Waals surface area contributed by atoms with E-state index in [-0.39, 0.29) is 12.5 Å². The lowest BCUT2D eigenvalue weighted by Gasteiger charge is -2.12. The molecule has 0 aliphatic carbocycles. The van der Waals surface area contributed by atoms with E-state index >= 15 is 0 Å². The molecule has 28 heavy (non-hydrogen) atoms. The van der Waals surface area contributed by atoms with Crippen molar-refractivity contribution in [3.8, 4) is 5.75 Å². The standard InChI is InChI=1S/C22H26N4O2/c1-18-7-9-20(10-8-18)25-22(27)16-28-21-6-3-2-5-19(21)15-23-11-4-13-26-14-12-24-17-26/h2-3,5-10,12,14,17,23H,4,11,13,15-16H2,1H3,(H,25,27). The highest BCUT2D eigenvalue weighted by Gasteiger charge is 2.07. The first-order valence-electron chi connectivity index (χ1n) is 9.44. The highest BCUT2D eigenvalue weighted by Crippen LogP contribution is 2.18. The van der Waals surface area contributed by atoms with Crippen LogP contribution in [0, 0.1) is 6.92 Å². The Morgan fingerprint density at radius 3 is 2.75 bits per heavy atom. The zero-order valence-corrected chi connectivity index (χ0v) is 16.1. The summed E-state index contributed by atoms with van der Waals surface area (Å²) in [6, 6.07) is 15.5. The number of nitrogens with zero attached hydrogens (tertiary/aromatic N) is 2. The number of carbonyl (C=O) groups excluding carboxylic acids is 1. The number of hydrogen-bond donors (Lipinski definition) is 2. The van der Waals surface area contributed by atoms with Crippen LogP contribution >= 0.6 is 0 Å². The summed E-state index contributed by atoms with van der Waals surface area (Å²) in [5.41, 5.74) is 2.96. The number of carbonyl (C=O) groups is 1. The van der Waals surface area contributed by atoms with Crippen molar-refractivity contribution in [1.82, 2.24) is 14.9 Å². The predicted octanol–water partition coefficient (Wildman–Crippen LogP) is 3.39. The maximum Gasteiger partial charge on any atom is 0.262 e. The number of para-hydroxylation sites is 1. The number of ether oxygens (including phenoxy) is 1. The van der Waals surface area contributed by atoms with Gasteiger partial charge in [0, 0.05) is 36.7 Å². The van der Waals surface area contributed by atoms with Gasteiger partial charge in [-0.15, -0.1) is 0 Å². The highest BCUT2D eigenvalue weighted by atomic mass is 16.5. The van der Waals surface area contributed by atoms with Crippen molar-refractivity contribution < 1.29 is 9.53 Å². The number of rotatable bonds is 10. The number of amides is 1. The summed E-state index contributed by atoms with van der Waals surface area (Å²) in [5.74, 6) is 0.551. The highest BCUT2D eigenvalue weighted by molar-refractivity contribution is 5.91. The molecule has 0 fully saturated rings. The molecule has 3 aromatic rings. The molecular weight excluding hydrogens is 352 g/mol. The van der Waals surface area contributed by atoms with E-state index in [0.717, 1.165) is 42.1 Å². The lowest BCUT2D eigenvalue weighted by atomic mass is 10.2. The fourth-order valence-corrected chi connectivity index (χ4v) is 2.80. The first-order valence-corrected chi connectivity index (χ1v) is 9.44. The molecule has 0 saturated heterocycles. The van der Waals surface area contributed by atoms with Crippen molar-refractivity contribution in [2.75, 3.05) is 18.5 Å². The largest absolute Gasteiger partial charge is 0.483 e. The molecule has 0 spiro atoms. The van der Waals surface area contributed by atoms with Gasteiger partial charge in [-0.2, -0.15) is 0 Å². The van der Waals surface area contributed by atoms with Crippen LogP contribution in [-0.4, -0.2) is 28.6 Å². The molecule has 0 atom stereocenters. The topological polar surface area (TPSA) is 68.2 Å². The Kier molecular flexibility index (Phi) is 7.21. The zero-order chi connectivity index (χ0) is 19.6. The van der Waals surface area contributed by atoms with Crippen molar-refractivity contribution >= 4 is 11.6 Å². The molecular formula is C22H26N4O2. The third-order valence-electron chi connectivity index (χ3n) is 4.31. The number of aryl methyl sites for hydroxylation is 2. The summed E-state index contributed by atoms with van der Waals surface area (Å²) in [4.78, 5) is 16.2. The van der Waals surface area contributed by atoms with Crippen LogP contribution in [0.1, 0.15) is 17.5 Å². The van der Waals surface area contributed by atoms with Gasteiger partial charge in [0.1, 0.15) is 5.75 Å². The van der Waals surface area contributed by atoms with E-state index in [0.29, 0.717) is 6.54 Å². The van der Waals surface area contributed by atoms with Gasteiger partial charge in [-0.05, 0) is 38.1 Å². The van der Waals surface area contributed by atoms with E-state index in [2.05, 4.69) is 20.2 Å². The summed E-state index contributed by atoms with van der Waals surface area (Å²) in [7, 11) is 0. The second-order valence-corrected chi connectivity index (χ2v) is 6.64. The number of aromatic nitrogens is 2. The van der Waals surface area contributed by atoms with Gasteiger partial charge < -0.3 is 19.9 Å². The second kappa shape index (κ2) is 10.3. The van der Waals surface area contributed by atoms with Crippen LogP contribution in [0.3, 0.4) is 0 Å². The fourth-order valence-electron chi connectivity index (χ4n) is 2.80. The third-order valence-corrected chi connectivity index (χ3v) is 4.31. The third kappa shape index (κ3) is 6.25. The minimum absolute atomic E-state index is 0.0223. The molecule has 6 nitrogen and oxygen atoms in total. The maximum absolute atomic E-state index is 12.1. The molecule has 3 rings (SSSR count). The Balaban J connectivity index is 1.42. The number of hydrogen-bond acceptors (Lipinski definition) is 4. The molecule has 0 unspecified atom stereocenters. The maximum atomic E-state index is 12.1. The van der Waals surface area contributed by atoms with Gasteiger partial charge >= 0.3 is 0 Å². The number of nitrogens with one attached hydrogen (secondary N) is 2.